The Labute approximate surface area is 98.5 Å². The molecule has 0 radical (unpaired) electrons. The third kappa shape index (κ3) is 4.46. The number of rotatable bonds is 5. The summed E-state index contributed by atoms with van der Waals surface area (Å²) in [5.41, 5.74) is 1.90. The van der Waals surface area contributed by atoms with Crippen LogP contribution in [0, 0.1) is 12.5 Å². The van der Waals surface area contributed by atoms with E-state index in [1.165, 1.54) is 12.0 Å². The first-order valence-corrected chi connectivity index (χ1v) is 5.81. The normalized spacial score (nSPS) is 12.4. The molecule has 0 spiro atoms. The van der Waals surface area contributed by atoms with Gasteiger partial charge >= 0.3 is 0 Å². The van der Waals surface area contributed by atoms with Gasteiger partial charge in [-0.25, -0.2) is 4.85 Å². The monoisotopic (exact) mass is 216 g/mol. The zero-order valence-corrected chi connectivity index (χ0v) is 10.3. The molecule has 0 amide bonds. The van der Waals surface area contributed by atoms with Gasteiger partial charge in [-0.2, -0.15) is 0 Å². The molecular formula is C14H20N2. The molecule has 0 saturated carbocycles. The van der Waals surface area contributed by atoms with Crippen molar-refractivity contribution in [2.75, 3.05) is 0 Å². The zero-order valence-electron chi connectivity index (χ0n) is 10.3. The number of benzene rings is 1. The third-order valence-corrected chi connectivity index (χ3v) is 2.52. The summed E-state index contributed by atoms with van der Waals surface area (Å²) in [4.78, 5) is 3.43. The van der Waals surface area contributed by atoms with Crippen LogP contribution in [0.5, 0.6) is 0 Å². The Morgan fingerprint density at radius 1 is 1.31 bits per heavy atom. The summed E-state index contributed by atoms with van der Waals surface area (Å²) in [5.74, 6) is 0.720. The molecule has 0 aliphatic rings. The molecule has 0 fully saturated rings. The molecule has 1 atom stereocenters. The molecule has 1 rings (SSSR count). The van der Waals surface area contributed by atoms with Crippen LogP contribution < -0.4 is 5.32 Å². The number of nitrogens with zero attached hydrogens (tertiary/aromatic N) is 1. The van der Waals surface area contributed by atoms with E-state index in [1.807, 2.05) is 18.2 Å². The van der Waals surface area contributed by atoms with Gasteiger partial charge < -0.3 is 5.32 Å². The molecule has 0 heterocycles. The molecule has 2 nitrogen and oxygen atoms in total. The first kappa shape index (κ1) is 12.7. The number of nitrogens with one attached hydrogen (secondary N) is 1. The molecule has 16 heavy (non-hydrogen) atoms. The highest BCUT2D eigenvalue weighted by molar-refractivity contribution is 5.46. The maximum absolute atomic E-state index is 6.95. The molecule has 0 saturated heterocycles. The van der Waals surface area contributed by atoms with E-state index in [1.54, 1.807) is 0 Å². The molecule has 0 aliphatic carbocycles. The fourth-order valence-corrected chi connectivity index (χ4v) is 1.82. The van der Waals surface area contributed by atoms with Crippen LogP contribution >= 0.6 is 0 Å². The van der Waals surface area contributed by atoms with Crippen LogP contribution in [0.15, 0.2) is 24.3 Å². The second kappa shape index (κ2) is 6.30. The Balaban J connectivity index is 2.45. The lowest BCUT2D eigenvalue weighted by atomic mass is 10.0. The lowest BCUT2D eigenvalue weighted by Crippen LogP contribution is -2.26. The quantitative estimate of drug-likeness (QED) is 0.741. The van der Waals surface area contributed by atoms with Gasteiger partial charge in [0.15, 0.2) is 5.69 Å². The van der Waals surface area contributed by atoms with Gasteiger partial charge in [-0.05, 0) is 24.8 Å². The molecule has 0 unspecified atom stereocenters. The van der Waals surface area contributed by atoms with Gasteiger partial charge in [0.05, 0.1) is 6.57 Å². The lowest BCUT2D eigenvalue weighted by Gasteiger charge is -2.15. The van der Waals surface area contributed by atoms with E-state index in [0.717, 1.165) is 18.2 Å². The predicted molar refractivity (Wildman–Crippen MR) is 68.5 cm³/mol. The average Bonchev–Trinajstić information content (AvgIpc) is 2.26. The Hall–Kier alpha value is -1.33. The Morgan fingerprint density at radius 2 is 2.06 bits per heavy atom. The van der Waals surface area contributed by atoms with Gasteiger partial charge in [0.2, 0.25) is 0 Å². The van der Waals surface area contributed by atoms with Crippen molar-refractivity contribution in [3.8, 4) is 0 Å². The van der Waals surface area contributed by atoms with Crippen LogP contribution in [0.1, 0.15) is 32.8 Å². The molecule has 0 bridgehead atoms. The first-order chi connectivity index (χ1) is 7.61. The summed E-state index contributed by atoms with van der Waals surface area (Å²) in [6, 6.07) is 8.31. The highest BCUT2D eigenvalue weighted by Gasteiger charge is 2.04. The summed E-state index contributed by atoms with van der Waals surface area (Å²) in [5, 5.41) is 3.48. The van der Waals surface area contributed by atoms with Gasteiger partial charge in [0, 0.05) is 12.6 Å². The molecule has 1 aromatic carbocycles. The average molecular weight is 216 g/mol. The minimum atomic E-state index is 0.525. The van der Waals surface area contributed by atoms with Gasteiger partial charge in [-0.1, -0.05) is 38.1 Å². The standard InChI is InChI=1S/C14H20N2/c1-11(2)8-12(3)16-10-13-6-5-7-14(9-13)15-4/h5-7,9,11-12,16H,8,10H2,1-3H3/t12-/m0/s1. The van der Waals surface area contributed by atoms with Crippen molar-refractivity contribution >= 4 is 5.69 Å². The zero-order chi connectivity index (χ0) is 12.0. The molecule has 2 heteroatoms. The van der Waals surface area contributed by atoms with Gasteiger partial charge in [0.1, 0.15) is 0 Å². The molecule has 0 aromatic heterocycles. The van der Waals surface area contributed by atoms with E-state index in [4.69, 9.17) is 6.57 Å². The van der Waals surface area contributed by atoms with Crippen molar-refractivity contribution in [2.45, 2.75) is 39.8 Å². The second-order valence-electron chi connectivity index (χ2n) is 4.69. The maximum atomic E-state index is 6.95. The SMILES string of the molecule is [C-]#[N+]c1cccc(CN[C@@H](C)CC(C)C)c1. The fourth-order valence-electron chi connectivity index (χ4n) is 1.82. The Morgan fingerprint density at radius 3 is 2.69 bits per heavy atom. The second-order valence-corrected chi connectivity index (χ2v) is 4.69. The minimum absolute atomic E-state index is 0.525. The Kier molecular flexibility index (Phi) is 5.01. The smallest absolute Gasteiger partial charge is 0.187 e. The van der Waals surface area contributed by atoms with Crippen LogP contribution in [-0.2, 0) is 6.54 Å². The largest absolute Gasteiger partial charge is 0.310 e. The summed E-state index contributed by atoms with van der Waals surface area (Å²) in [6.45, 7) is 14.5. The van der Waals surface area contributed by atoms with E-state index in [0.29, 0.717) is 6.04 Å². The van der Waals surface area contributed by atoms with Crippen LogP contribution in [0.2, 0.25) is 0 Å². The van der Waals surface area contributed by atoms with Gasteiger partial charge in [-0.15, -0.1) is 0 Å². The molecular weight excluding hydrogens is 196 g/mol. The van der Waals surface area contributed by atoms with E-state index in [-0.39, 0.29) is 0 Å². The van der Waals surface area contributed by atoms with Crippen LogP contribution in [0.3, 0.4) is 0 Å². The third-order valence-electron chi connectivity index (χ3n) is 2.52. The topological polar surface area (TPSA) is 16.4 Å². The van der Waals surface area contributed by atoms with Gasteiger partial charge in [-0.3, -0.25) is 0 Å². The van der Waals surface area contributed by atoms with Gasteiger partial charge in [0.25, 0.3) is 0 Å². The molecule has 1 N–H and O–H groups in total. The van der Waals surface area contributed by atoms with E-state index in [9.17, 15) is 0 Å². The van der Waals surface area contributed by atoms with Crippen molar-refractivity contribution < 1.29 is 0 Å². The molecule has 0 aliphatic heterocycles. The Bertz CT molecular complexity index is 363. The summed E-state index contributed by atoms with van der Waals surface area (Å²) in [7, 11) is 0. The lowest BCUT2D eigenvalue weighted by molar-refractivity contribution is 0.441. The van der Waals surface area contributed by atoms with Crippen molar-refractivity contribution in [2.24, 2.45) is 5.92 Å². The predicted octanol–water partition coefficient (Wildman–Crippen LogP) is 3.76. The minimum Gasteiger partial charge on any atom is -0.310 e. The fraction of sp³-hybridized carbons (Fsp3) is 0.500. The van der Waals surface area contributed by atoms with E-state index < -0.39 is 0 Å². The van der Waals surface area contributed by atoms with Crippen LogP contribution in [0.4, 0.5) is 5.69 Å². The van der Waals surface area contributed by atoms with Crippen molar-refractivity contribution in [3.63, 3.8) is 0 Å². The summed E-state index contributed by atoms with van der Waals surface area (Å²) < 4.78 is 0. The first-order valence-electron chi connectivity index (χ1n) is 5.81. The molecule has 86 valence electrons. The van der Waals surface area contributed by atoms with Crippen molar-refractivity contribution in [1.29, 1.82) is 0 Å². The maximum Gasteiger partial charge on any atom is 0.187 e. The van der Waals surface area contributed by atoms with E-state index in [2.05, 4.69) is 37.0 Å². The van der Waals surface area contributed by atoms with Crippen LogP contribution in [0.25, 0.3) is 4.85 Å². The highest BCUT2D eigenvalue weighted by atomic mass is 14.9. The summed E-state index contributed by atoms with van der Waals surface area (Å²) >= 11 is 0. The van der Waals surface area contributed by atoms with Crippen LogP contribution in [-0.4, -0.2) is 6.04 Å². The van der Waals surface area contributed by atoms with Crippen molar-refractivity contribution in [1.82, 2.24) is 5.32 Å². The van der Waals surface area contributed by atoms with Crippen molar-refractivity contribution in [3.05, 3.63) is 41.2 Å². The highest BCUT2D eigenvalue weighted by Crippen LogP contribution is 2.14. The summed E-state index contributed by atoms with van der Waals surface area (Å²) in [6.07, 6.45) is 1.18. The molecule has 1 aromatic rings. The number of hydrogen-bond acceptors (Lipinski definition) is 1. The van der Waals surface area contributed by atoms with E-state index >= 15 is 0 Å². The number of hydrogen-bond donors (Lipinski definition) is 1.